The van der Waals surface area contributed by atoms with E-state index in [-0.39, 0.29) is 11.6 Å². The van der Waals surface area contributed by atoms with Crippen LogP contribution in [0.15, 0.2) is 18.2 Å². The molecule has 1 saturated heterocycles. The van der Waals surface area contributed by atoms with Crippen molar-refractivity contribution in [3.8, 4) is 0 Å². The number of halogens is 2. The summed E-state index contributed by atoms with van der Waals surface area (Å²) in [5, 5.41) is 3.13. The number of hydrogen-bond acceptors (Lipinski definition) is 2. The predicted octanol–water partition coefficient (Wildman–Crippen LogP) is 2.01. The Morgan fingerprint density at radius 2 is 2.00 bits per heavy atom. The second-order valence-corrected chi connectivity index (χ2v) is 3.77. The minimum Gasteiger partial charge on any atom is -0.370 e. The smallest absolute Gasteiger partial charge is 0.132 e. The first-order valence-corrected chi connectivity index (χ1v) is 4.97. The lowest BCUT2D eigenvalue weighted by Crippen LogP contribution is -2.41. The highest BCUT2D eigenvalue weighted by atomic mass is 19.1. The normalized spacial score (nSPS) is 26.6. The number of ether oxygens (including phenoxy) is 1. The van der Waals surface area contributed by atoms with E-state index in [0.717, 1.165) is 0 Å². The van der Waals surface area contributed by atoms with Gasteiger partial charge < -0.3 is 10.1 Å². The quantitative estimate of drug-likeness (QED) is 0.770. The van der Waals surface area contributed by atoms with Gasteiger partial charge in [0.1, 0.15) is 17.7 Å². The van der Waals surface area contributed by atoms with E-state index in [0.29, 0.717) is 13.2 Å². The molecule has 1 aliphatic heterocycles. The van der Waals surface area contributed by atoms with Crippen LogP contribution in [0.5, 0.6) is 0 Å². The van der Waals surface area contributed by atoms with Crippen LogP contribution < -0.4 is 5.32 Å². The van der Waals surface area contributed by atoms with Gasteiger partial charge in [-0.15, -0.1) is 0 Å². The standard InChI is InChI=1S/C11H13F2NO/c1-7-6-15-10(5-14-7)11-8(12)3-2-4-9(11)13/h2-4,7,10,14H,5-6H2,1H3. The fourth-order valence-corrected chi connectivity index (χ4v) is 1.69. The number of benzene rings is 1. The molecule has 0 aromatic heterocycles. The topological polar surface area (TPSA) is 21.3 Å². The van der Waals surface area contributed by atoms with E-state index in [4.69, 9.17) is 4.74 Å². The molecule has 4 heteroatoms. The Hall–Kier alpha value is -1.00. The molecule has 0 amide bonds. The molecule has 0 radical (unpaired) electrons. The van der Waals surface area contributed by atoms with Crippen LogP contribution in [-0.2, 0) is 4.74 Å². The van der Waals surface area contributed by atoms with E-state index in [1.165, 1.54) is 18.2 Å². The highest BCUT2D eigenvalue weighted by Crippen LogP contribution is 2.25. The van der Waals surface area contributed by atoms with Crippen LogP contribution in [0.4, 0.5) is 8.78 Å². The van der Waals surface area contributed by atoms with Gasteiger partial charge in [0.25, 0.3) is 0 Å². The SMILES string of the molecule is CC1COC(c2c(F)cccc2F)CN1. The average molecular weight is 213 g/mol. The summed E-state index contributed by atoms with van der Waals surface area (Å²) >= 11 is 0. The maximum absolute atomic E-state index is 13.4. The average Bonchev–Trinajstić information content (AvgIpc) is 2.20. The summed E-state index contributed by atoms with van der Waals surface area (Å²) in [5.74, 6) is -1.09. The van der Waals surface area contributed by atoms with Crippen LogP contribution in [-0.4, -0.2) is 19.2 Å². The zero-order chi connectivity index (χ0) is 10.8. The largest absolute Gasteiger partial charge is 0.370 e. The van der Waals surface area contributed by atoms with Crippen molar-refractivity contribution in [1.82, 2.24) is 5.32 Å². The monoisotopic (exact) mass is 213 g/mol. The third-order valence-corrected chi connectivity index (χ3v) is 2.52. The third-order valence-electron chi connectivity index (χ3n) is 2.52. The molecule has 1 fully saturated rings. The van der Waals surface area contributed by atoms with Gasteiger partial charge >= 0.3 is 0 Å². The number of rotatable bonds is 1. The Morgan fingerprint density at radius 3 is 2.53 bits per heavy atom. The molecule has 0 spiro atoms. The molecule has 2 unspecified atom stereocenters. The van der Waals surface area contributed by atoms with Gasteiger partial charge in [-0.1, -0.05) is 6.07 Å². The first kappa shape index (κ1) is 10.5. The van der Waals surface area contributed by atoms with Crippen molar-refractivity contribution in [2.24, 2.45) is 0 Å². The predicted molar refractivity (Wildman–Crippen MR) is 52.5 cm³/mol. The van der Waals surface area contributed by atoms with Gasteiger partial charge in [0.05, 0.1) is 12.2 Å². The Morgan fingerprint density at radius 1 is 1.33 bits per heavy atom. The fourth-order valence-electron chi connectivity index (χ4n) is 1.69. The molecule has 1 N–H and O–H groups in total. The molecule has 2 atom stereocenters. The van der Waals surface area contributed by atoms with E-state index >= 15 is 0 Å². The van der Waals surface area contributed by atoms with Crippen molar-refractivity contribution in [1.29, 1.82) is 0 Å². The molecule has 82 valence electrons. The molecule has 0 saturated carbocycles. The van der Waals surface area contributed by atoms with Crippen LogP contribution in [0, 0.1) is 11.6 Å². The van der Waals surface area contributed by atoms with E-state index < -0.39 is 17.7 Å². The zero-order valence-electron chi connectivity index (χ0n) is 8.47. The maximum atomic E-state index is 13.4. The molecule has 1 aliphatic rings. The first-order valence-electron chi connectivity index (χ1n) is 4.97. The lowest BCUT2D eigenvalue weighted by Gasteiger charge is -2.28. The van der Waals surface area contributed by atoms with Crippen molar-refractivity contribution in [2.75, 3.05) is 13.2 Å². The lowest BCUT2D eigenvalue weighted by molar-refractivity contribution is 0.00298. The van der Waals surface area contributed by atoms with E-state index in [1.54, 1.807) is 0 Å². The Kier molecular flexibility index (Phi) is 2.98. The fraction of sp³-hybridized carbons (Fsp3) is 0.455. The Bertz CT molecular complexity index is 328. The van der Waals surface area contributed by atoms with Gasteiger partial charge in [-0.3, -0.25) is 0 Å². The Balaban J connectivity index is 2.22. The van der Waals surface area contributed by atoms with E-state index in [1.807, 2.05) is 6.92 Å². The van der Waals surface area contributed by atoms with Crippen LogP contribution in [0.25, 0.3) is 0 Å². The summed E-state index contributed by atoms with van der Waals surface area (Å²) in [6.45, 7) is 2.88. The molecule has 1 aromatic carbocycles. The van der Waals surface area contributed by atoms with E-state index in [9.17, 15) is 8.78 Å². The second-order valence-electron chi connectivity index (χ2n) is 3.77. The molecular weight excluding hydrogens is 200 g/mol. The van der Waals surface area contributed by atoms with Gasteiger partial charge in [0.2, 0.25) is 0 Å². The molecular formula is C11H13F2NO. The summed E-state index contributed by atoms with van der Waals surface area (Å²) in [4.78, 5) is 0. The van der Waals surface area contributed by atoms with Crippen LogP contribution in [0.1, 0.15) is 18.6 Å². The van der Waals surface area contributed by atoms with Crippen molar-refractivity contribution >= 4 is 0 Å². The van der Waals surface area contributed by atoms with Crippen molar-refractivity contribution in [2.45, 2.75) is 19.1 Å². The highest BCUT2D eigenvalue weighted by Gasteiger charge is 2.24. The lowest BCUT2D eigenvalue weighted by atomic mass is 10.1. The number of nitrogens with one attached hydrogen (secondary N) is 1. The molecule has 0 bridgehead atoms. The molecule has 0 aliphatic carbocycles. The van der Waals surface area contributed by atoms with Crippen LogP contribution in [0.2, 0.25) is 0 Å². The van der Waals surface area contributed by atoms with Gasteiger partial charge in [0, 0.05) is 12.6 Å². The third kappa shape index (κ3) is 2.16. The molecule has 2 rings (SSSR count). The minimum atomic E-state index is -0.545. The molecule has 1 aromatic rings. The van der Waals surface area contributed by atoms with Gasteiger partial charge in [-0.2, -0.15) is 0 Å². The van der Waals surface area contributed by atoms with E-state index in [2.05, 4.69) is 5.32 Å². The van der Waals surface area contributed by atoms with Crippen molar-refractivity contribution < 1.29 is 13.5 Å². The Labute approximate surface area is 87.2 Å². The van der Waals surface area contributed by atoms with Crippen molar-refractivity contribution in [3.05, 3.63) is 35.4 Å². The molecule has 15 heavy (non-hydrogen) atoms. The maximum Gasteiger partial charge on any atom is 0.132 e. The summed E-state index contributed by atoms with van der Waals surface area (Å²) < 4.78 is 32.2. The van der Waals surface area contributed by atoms with Crippen LogP contribution in [0.3, 0.4) is 0 Å². The van der Waals surface area contributed by atoms with Gasteiger partial charge in [-0.25, -0.2) is 8.78 Å². The second kappa shape index (κ2) is 4.24. The minimum absolute atomic E-state index is 0.0249. The van der Waals surface area contributed by atoms with Crippen molar-refractivity contribution in [3.63, 3.8) is 0 Å². The van der Waals surface area contributed by atoms with Crippen LogP contribution >= 0.6 is 0 Å². The first-order chi connectivity index (χ1) is 7.18. The molecule has 2 nitrogen and oxygen atoms in total. The summed E-state index contributed by atoms with van der Waals surface area (Å²) in [6, 6.07) is 4.09. The van der Waals surface area contributed by atoms with Gasteiger partial charge in [0.15, 0.2) is 0 Å². The highest BCUT2D eigenvalue weighted by molar-refractivity contribution is 5.23. The number of hydrogen-bond donors (Lipinski definition) is 1. The van der Waals surface area contributed by atoms with Gasteiger partial charge in [-0.05, 0) is 19.1 Å². The number of morpholine rings is 1. The summed E-state index contributed by atoms with van der Waals surface area (Å²) in [5.41, 5.74) is 0.0249. The molecule has 1 heterocycles. The zero-order valence-corrected chi connectivity index (χ0v) is 8.47. The summed E-state index contributed by atoms with van der Waals surface area (Å²) in [6.07, 6.45) is -0.526. The summed E-state index contributed by atoms with van der Waals surface area (Å²) in [7, 11) is 0.